The van der Waals surface area contributed by atoms with Crippen LogP contribution in [-0.2, 0) is 10.5 Å². The molecule has 0 aliphatic carbocycles. The molecule has 142 valence electrons. The number of carbonyl (C=O) groups is 2. The molecule has 0 bridgehead atoms. The third kappa shape index (κ3) is 5.31. The molecule has 2 N–H and O–H groups in total. The number of carbonyl (C=O) groups excluding carboxylic acids is 2. The number of halogens is 1. The number of hydrogen-bond acceptors (Lipinski definition) is 5. The molecule has 0 fully saturated rings. The van der Waals surface area contributed by atoms with Gasteiger partial charge in [0.1, 0.15) is 5.82 Å². The number of rotatable bonds is 6. The standard InChI is InChI=1S/C20H17ClN4O2S/c1-13(26)24-18-10-14(7-9-23-18)12-28-19-16(21)5-2-6-17(19)25-20(27)15-4-3-8-22-11-15/h2-11H,12H2,1H3,(H,25,27)(H,23,24,26). The lowest BCUT2D eigenvalue weighted by atomic mass is 10.2. The topological polar surface area (TPSA) is 84.0 Å². The van der Waals surface area contributed by atoms with Crippen LogP contribution in [0, 0.1) is 0 Å². The third-order valence-electron chi connectivity index (χ3n) is 3.65. The van der Waals surface area contributed by atoms with Crippen molar-refractivity contribution in [3.8, 4) is 0 Å². The predicted molar refractivity (Wildman–Crippen MR) is 112 cm³/mol. The van der Waals surface area contributed by atoms with Crippen LogP contribution in [0.1, 0.15) is 22.8 Å². The Kier molecular flexibility index (Phi) is 6.62. The van der Waals surface area contributed by atoms with Crippen molar-refractivity contribution in [3.63, 3.8) is 0 Å². The van der Waals surface area contributed by atoms with E-state index in [2.05, 4.69) is 20.6 Å². The number of amides is 2. The van der Waals surface area contributed by atoms with Crippen LogP contribution < -0.4 is 10.6 Å². The summed E-state index contributed by atoms with van der Waals surface area (Å²) in [5.41, 5.74) is 2.06. The Labute approximate surface area is 171 Å². The van der Waals surface area contributed by atoms with Gasteiger partial charge in [-0.05, 0) is 42.0 Å². The highest BCUT2D eigenvalue weighted by Gasteiger charge is 2.13. The Balaban J connectivity index is 1.75. The Morgan fingerprint density at radius 3 is 2.71 bits per heavy atom. The zero-order valence-electron chi connectivity index (χ0n) is 15.0. The first-order chi connectivity index (χ1) is 13.5. The summed E-state index contributed by atoms with van der Waals surface area (Å²) in [6.07, 6.45) is 4.76. The van der Waals surface area contributed by atoms with E-state index in [4.69, 9.17) is 11.6 Å². The van der Waals surface area contributed by atoms with Gasteiger partial charge in [0.05, 0.1) is 16.3 Å². The molecule has 0 radical (unpaired) electrons. The van der Waals surface area contributed by atoms with Crippen LogP contribution >= 0.6 is 23.4 Å². The van der Waals surface area contributed by atoms with Crippen molar-refractivity contribution in [1.82, 2.24) is 9.97 Å². The van der Waals surface area contributed by atoms with Gasteiger partial charge in [-0.3, -0.25) is 14.6 Å². The average molecular weight is 413 g/mol. The number of anilines is 2. The molecule has 0 spiro atoms. The summed E-state index contributed by atoms with van der Waals surface area (Å²) in [4.78, 5) is 32.5. The maximum atomic E-state index is 12.4. The van der Waals surface area contributed by atoms with Crippen molar-refractivity contribution < 1.29 is 9.59 Å². The van der Waals surface area contributed by atoms with Crippen molar-refractivity contribution in [1.29, 1.82) is 0 Å². The van der Waals surface area contributed by atoms with Gasteiger partial charge in [0.15, 0.2) is 0 Å². The number of pyridine rings is 2. The molecule has 6 nitrogen and oxygen atoms in total. The summed E-state index contributed by atoms with van der Waals surface area (Å²) < 4.78 is 0. The minimum Gasteiger partial charge on any atom is -0.321 e. The summed E-state index contributed by atoms with van der Waals surface area (Å²) in [6, 6.07) is 12.4. The quantitative estimate of drug-likeness (QED) is 0.576. The summed E-state index contributed by atoms with van der Waals surface area (Å²) in [5.74, 6) is 0.655. The summed E-state index contributed by atoms with van der Waals surface area (Å²) in [6.45, 7) is 1.43. The lowest BCUT2D eigenvalue weighted by Gasteiger charge is -2.13. The van der Waals surface area contributed by atoms with Crippen LogP contribution in [0.2, 0.25) is 5.02 Å². The molecule has 0 unspecified atom stereocenters. The van der Waals surface area contributed by atoms with Gasteiger partial charge in [0, 0.05) is 36.2 Å². The third-order valence-corrected chi connectivity index (χ3v) is 5.28. The second-order valence-electron chi connectivity index (χ2n) is 5.83. The first kappa shape index (κ1) is 19.9. The van der Waals surface area contributed by atoms with E-state index in [0.717, 1.165) is 10.5 Å². The van der Waals surface area contributed by atoms with Crippen molar-refractivity contribution in [2.45, 2.75) is 17.6 Å². The van der Waals surface area contributed by atoms with Crippen LogP contribution in [0.3, 0.4) is 0 Å². The van der Waals surface area contributed by atoms with Crippen LogP contribution in [-0.4, -0.2) is 21.8 Å². The largest absolute Gasteiger partial charge is 0.321 e. The molecule has 8 heteroatoms. The second-order valence-corrected chi connectivity index (χ2v) is 7.22. The SMILES string of the molecule is CC(=O)Nc1cc(CSc2c(Cl)cccc2NC(=O)c2cccnc2)ccn1. The zero-order valence-corrected chi connectivity index (χ0v) is 16.6. The van der Waals surface area contributed by atoms with Crippen molar-refractivity contribution in [2.75, 3.05) is 10.6 Å². The monoisotopic (exact) mass is 412 g/mol. The predicted octanol–water partition coefficient (Wildman–Crippen LogP) is 4.63. The van der Waals surface area contributed by atoms with Crippen LogP contribution in [0.5, 0.6) is 0 Å². The Morgan fingerprint density at radius 2 is 1.96 bits per heavy atom. The van der Waals surface area contributed by atoms with Gasteiger partial charge in [-0.15, -0.1) is 11.8 Å². The smallest absolute Gasteiger partial charge is 0.257 e. The Morgan fingerprint density at radius 1 is 1.11 bits per heavy atom. The fraction of sp³-hybridized carbons (Fsp3) is 0.100. The number of nitrogens with one attached hydrogen (secondary N) is 2. The van der Waals surface area contributed by atoms with Crippen molar-refractivity contribution in [3.05, 3.63) is 77.2 Å². The van der Waals surface area contributed by atoms with Gasteiger partial charge in [-0.25, -0.2) is 4.98 Å². The van der Waals surface area contributed by atoms with Gasteiger partial charge in [-0.2, -0.15) is 0 Å². The summed E-state index contributed by atoms with van der Waals surface area (Å²) in [5, 5.41) is 6.10. The molecule has 0 saturated carbocycles. The molecule has 3 aromatic rings. The van der Waals surface area contributed by atoms with Gasteiger partial charge in [-0.1, -0.05) is 17.7 Å². The molecule has 2 aromatic heterocycles. The molecular weight excluding hydrogens is 396 g/mol. The molecule has 0 aliphatic heterocycles. The summed E-state index contributed by atoms with van der Waals surface area (Å²) >= 11 is 7.86. The van der Waals surface area contributed by atoms with Gasteiger partial charge in [0.2, 0.25) is 5.91 Å². The number of thioether (sulfide) groups is 1. The number of nitrogens with zero attached hydrogens (tertiary/aromatic N) is 2. The Bertz CT molecular complexity index is 999. The average Bonchev–Trinajstić information content (AvgIpc) is 2.68. The normalized spacial score (nSPS) is 10.4. The van der Waals surface area contributed by atoms with Gasteiger partial charge in [0.25, 0.3) is 5.91 Å². The maximum Gasteiger partial charge on any atom is 0.257 e. The number of aromatic nitrogens is 2. The molecular formula is C20H17ClN4O2S. The highest BCUT2D eigenvalue weighted by atomic mass is 35.5. The van der Waals surface area contributed by atoms with Crippen LogP contribution in [0.15, 0.2) is 66.0 Å². The molecule has 2 amide bonds. The van der Waals surface area contributed by atoms with E-state index in [-0.39, 0.29) is 11.8 Å². The van der Waals surface area contributed by atoms with Crippen molar-refractivity contribution >= 4 is 46.7 Å². The molecule has 0 aliphatic rings. The fourth-order valence-corrected chi connectivity index (χ4v) is 3.72. The zero-order chi connectivity index (χ0) is 19.9. The molecule has 2 heterocycles. The van der Waals surface area contributed by atoms with Crippen LogP contribution in [0.25, 0.3) is 0 Å². The van der Waals surface area contributed by atoms with Crippen molar-refractivity contribution in [2.24, 2.45) is 0 Å². The van der Waals surface area contributed by atoms with Gasteiger partial charge < -0.3 is 10.6 Å². The minimum absolute atomic E-state index is 0.177. The number of hydrogen-bond donors (Lipinski definition) is 2. The second kappa shape index (κ2) is 9.34. The van der Waals surface area contributed by atoms with E-state index in [1.807, 2.05) is 6.07 Å². The van der Waals surface area contributed by atoms with E-state index in [1.165, 1.54) is 24.9 Å². The van der Waals surface area contributed by atoms with E-state index in [9.17, 15) is 9.59 Å². The van der Waals surface area contributed by atoms with Gasteiger partial charge >= 0.3 is 0 Å². The first-order valence-electron chi connectivity index (χ1n) is 8.38. The van der Waals surface area contributed by atoms with E-state index in [0.29, 0.717) is 27.8 Å². The first-order valence-corrected chi connectivity index (χ1v) is 9.74. The van der Waals surface area contributed by atoms with E-state index >= 15 is 0 Å². The van der Waals surface area contributed by atoms with E-state index in [1.54, 1.807) is 48.8 Å². The lowest BCUT2D eigenvalue weighted by molar-refractivity contribution is -0.114. The highest BCUT2D eigenvalue weighted by Crippen LogP contribution is 2.36. The minimum atomic E-state index is -0.255. The highest BCUT2D eigenvalue weighted by molar-refractivity contribution is 7.98. The fourth-order valence-electron chi connectivity index (χ4n) is 2.41. The number of benzene rings is 1. The molecule has 3 rings (SSSR count). The molecule has 0 atom stereocenters. The molecule has 28 heavy (non-hydrogen) atoms. The molecule has 0 saturated heterocycles. The molecule has 1 aromatic carbocycles. The maximum absolute atomic E-state index is 12.4. The van der Waals surface area contributed by atoms with E-state index < -0.39 is 0 Å². The summed E-state index contributed by atoms with van der Waals surface area (Å²) in [7, 11) is 0. The lowest BCUT2D eigenvalue weighted by Crippen LogP contribution is -2.12. The van der Waals surface area contributed by atoms with Crippen LogP contribution in [0.4, 0.5) is 11.5 Å². The Hall–Kier alpha value is -2.90.